The maximum Gasteiger partial charge on any atom is 0.0107 e. The molecule has 0 spiro atoms. The first kappa shape index (κ1) is 17.0. The highest BCUT2D eigenvalue weighted by molar-refractivity contribution is 4.78. The summed E-state index contributed by atoms with van der Waals surface area (Å²) in [4.78, 5) is 2.58. The molecule has 0 unspecified atom stereocenters. The molecule has 0 aliphatic heterocycles. The number of likely N-dealkylation sites (N-methyl/N-ethyl adjacent to an activating group) is 1. The smallest absolute Gasteiger partial charge is 0.0107 e. The van der Waals surface area contributed by atoms with Gasteiger partial charge >= 0.3 is 0 Å². The molecule has 0 heterocycles. The van der Waals surface area contributed by atoms with Crippen molar-refractivity contribution in [3.8, 4) is 0 Å². The minimum atomic E-state index is 0.456. The lowest BCUT2D eigenvalue weighted by atomic mass is 9.84. The Kier molecular flexibility index (Phi) is 7.38. The molecular formula is C17H36N2. The van der Waals surface area contributed by atoms with Crippen molar-refractivity contribution in [2.45, 2.75) is 72.3 Å². The van der Waals surface area contributed by atoms with Crippen LogP contribution in [0.5, 0.6) is 0 Å². The van der Waals surface area contributed by atoms with Gasteiger partial charge in [-0.1, -0.05) is 34.1 Å². The van der Waals surface area contributed by atoms with Crippen molar-refractivity contribution in [1.29, 1.82) is 0 Å². The molecule has 114 valence electrons. The average Bonchev–Trinajstić information content (AvgIpc) is 2.37. The molecule has 0 amide bonds. The monoisotopic (exact) mass is 268 g/mol. The maximum atomic E-state index is 3.59. The Bertz CT molecular complexity index is 224. The van der Waals surface area contributed by atoms with Crippen LogP contribution >= 0.6 is 0 Å². The van der Waals surface area contributed by atoms with Gasteiger partial charge < -0.3 is 10.2 Å². The SMILES string of the molecule is CCC1CCC(N(C)CCNCCC(C)(C)C)CC1. The van der Waals surface area contributed by atoms with Crippen molar-refractivity contribution in [2.75, 3.05) is 26.7 Å². The second kappa shape index (κ2) is 8.26. The molecule has 2 nitrogen and oxygen atoms in total. The predicted octanol–water partition coefficient (Wildman–Crippen LogP) is 3.91. The first-order chi connectivity index (χ1) is 8.92. The van der Waals surface area contributed by atoms with E-state index in [9.17, 15) is 0 Å². The Morgan fingerprint density at radius 2 is 1.68 bits per heavy atom. The Balaban J connectivity index is 2.06. The molecule has 1 N–H and O–H groups in total. The van der Waals surface area contributed by atoms with Crippen LogP contribution < -0.4 is 5.32 Å². The summed E-state index contributed by atoms with van der Waals surface area (Å²) in [5.74, 6) is 1.01. The third-order valence-electron chi connectivity index (χ3n) is 4.71. The lowest BCUT2D eigenvalue weighted by Gasteiger charge is -2.34. The van der Waals surface area contributed by atoms with Crippen molar-refractivity contribution in [2.24, 2.45) is 11.3 Å². The van der Waals surface area contributed by atoms with Crippen LogP contribution in [-0.4, -0.2) is 37.6 Å². The van der Waals surface area contributed by atoms with E-state index in [1.807, 2.05) is 0 Å². The molecular weight excluding hydrogens is 232 g/mol. The van der Waals surface area contributed by atoms with Gasteiger partial charge in [-0.25, -0.2) is 0 Å². The third kappa shape index (κ3) is 7.31. The van der Waals surface area contributed by atoms with Crippen LogP contribution in [0, 0.1) is 11.3 Å². The van der Waals surface area contributed by atoms with Crippen LogP contribution in [0.1, 0.15) is 66.2 Å². The van der Waals surface area contributed by atoms with Gasteiger partial charge in [0, 0.05) is 19.1 Å². The van der Waals surface area contributed by atoms with Crippen molar-refractivity contribution in [3.63, 3.8) is 0 Å². The van der Waals surface area contributed by atoms with Crippen LogP contribution in [-0.2, 0) is 0 Å². The van der Waals surface area contributed by atoms with Gasteiger partial charge in [0.1, 0.15) is 0 Å². The van der Waals surface area contributed by atoms with Gasteiger partial charge in [0.15, 0.2) is 0 Å². The van der Waals surface area contributed by atoms with Crippen molar-refractivity contribution in [3.05, 3.63) is 0 Å². The van der Waals surface area contributed by atoms with Crippen LogP contribution in [0.4, 0.5) is 0 Å². The number of hydrogen-bond acceptors (Lipinski definition) is 2. The molecule has 1 saturated carbocycles. The summed E-state index contributed by atoms with van der Waals surface area (Å²) in [6.45, 7) is 12.8. The van der Waals surface area contributed by atoms with Crippen molar-refractivity contribution >= 4 is 0 Å². The summed E-state index contributed by atoms with van der Waals surface area (Å²) in [7, 11) is 2.31. The normalized spacial score (nSPS) is 24.9. The molecule has 0 bridgehead atoms. The van der Waals surface area contributed by atoms with Gasteiger partial charge in [-0.3, -0.25) is 0 Å². The van der Waals surface area contributed by atoms with Crippen LogP contribution in [0.2, 0.25) is 0 Å². The highest BCUT2D eigenvalue weighted by Crippen LogP contribution is 2.28. The average molecular weight is 268 g/mol. The predicted molar refractivity (Wildman–Crippen MR) is 85.6 cm³/mol. The van der Waals surface area contributed by atoms with E-state index in [4.69, 9.17) is 0 Å². The van der Waals surface area contributed by atoms with E-state index in [-0.39, 0.29) is 0 Å². The lowest BCUT2D eigenvalue weighted by molar-refractivity contribution is 0.164. The van der Waals surface area contributed by atoms with E-state index in [1.54, 1.807) is 0 Å². The standard InChI is InChI=1S/C17H36N2/c1-6-15-7-9-16(10-8-15)19(5)14-13-18-12-11-17(2,3)4/h15-16,18H,6-14H2,1-5H3. The third-order valence-corrected chi connectivity index (χ3v) is 4.71. The highest BCUT2D eigenvalue weighted by Gasteiger charge is 2.22. The summed E-state index contributed by atoms with van der Waals surface area (Å²) in [6, 6.07) is 0.840. The van der Waals surface area contributed by atoms with E-state index >= 15 is 0 Å². The first-order valence-corrected chi connectivity index (χ1v) is 8.33. The van der Waals surface area contributed by atoms with E-state index in [0.717, 1.165) is 25.0 Å². The van der Waals surface area contributed by atoms with Crippen LogP contribution in [0.25, 0.3) is 0 Å². The molecule has 1 aliphatic rings. The van der Waals surface area contributed by atoms with Gasteiger partial charge in [-0.2, -0.15) is 0 Å². The van der Waals surface area contributed by atoms with E-state index in [0.29, 0.717) is 5.41 Å². The molecule has 1 rings (SSSR count). The second-order valence-corrected chi connectivity index (χ2v) is 7.62. The first-order valence-electron chi connectivity index (χ1n) is 8.33. The highest BCUT2D eigenvalue weighted by atomic mass is 15.1. The summed E-state index contributed by atoms with van der Waals surface area (Å²) in [5.41, 5.74) is 0.456. The zero-order valence-corrected chi connectivity index (χ0v) is 14.0. The van der Waals surface area contributed by atoms with Crippen molar-refractivity contribution < 1.29 is 0 Å². The summed E-state index contributed by atoms with van der Waals surface area (Å²) in [5, 5.41) is 3.59. The van der Waals surface area contributed by atoms with Gasteiger partial charge in [0.05, 0.1) is 0 Å². The van der Waals surface area contributed by atoms with Crippen molar-refractivity contribution in [1.82, 2.24) is 10.2 Å². The molecule has 1 fully saturated rings. The molecule has 0 aromatic carbocycles. The van der Waals surface area contributed by atoms with E-state index < -0.39 is 0 Å². The lowest BCUT2D eigenvalue weighted by Crippen LogP contribution is -2.39. The summed E-state index contributed by atoms with van der Waals surface area (Å²) < 4.78 is 0. The Hall–Kier alpha value is -0.0800. The molecule has 0 atom stereocenters. The largest absolute Gasteiger partial charge is 0.315 e. The van der Waals surface area contributed by atoms with Gasteiger partial charge in [0.25, 0.3) is 0 Å². The Morgan fingerprint density at radius 3 is 2.21 bits per heavy atom. The molecule has 2 heteroatoms. The molecule has 0 radical (unpaired) electrons. The second-order valence-electron chi connectivity index (χ2n) is 7.62. The zero-order valence-electron chi connectivity index (χ0n) is 14.0. The zero-order chi connectivity index (χ0) is 14.3. The van der Waals surface area contributed by atoms with Gasteiger partial charge in [-0.05, 0) is 57.0 Å². The van der Waals surface area contributed by atoms with Crippen LogP contribution in [0.15, 0.2) is 0 Å². The summed E-state index contributed by atoms with van der Waals surface area (Å²) >= 11 is 0. The molecule has 0 saturated heterocycles. The number of nitrogens with one attached hydrogen (secondary N) is 1. The fraction of sp³-hybridized carbons (Fsp3) is 1.00. The minimum Gasteiger partial charge on any atom is -0.315 e. The van der Waals surface area contributed by atoms with Crippen LogP contribution in [0.3, 0.4) is 0 Å². The fourth-order valence-electron chi connectivity index (χ4n) is 3.02. The number of hydrogen-bond donors (Lipinski definition) is 1. The van der Waals surface area contributed by atoms with E-state index in [2.05, 4.69) is 45.0 Å². The fourth-order valence-corrected chi connectivity index (χ4v) is 3.02. The Labute approximate surface area is 121 Å². The molecule has 0 aromatic heterocycles. The number of nitrogens with zero attached hydrogens (tertiary/aromatic N) is 1. The number of rotatable bonds is 7. The van der Waals surface area contributed by atoms with E-state index in [1.165, 1.54) is 45.1 Å². The van der Waals surface area contributed by atoms with Gasteiger partial charge in [-0.15, -0.1) is 0 Å². The topological polar surface area (TPSA) is 15.3 Å². The maximum absolute atomic E-state index is 3.59. The molecule has 1 aliphatic carbocycles. The molecule has 19 heavy (non-hydrogen) atoms. The summed E-state index contributed by atoms with van der Waals surface area (Å²) in [6.07, 6.45) is 8.36. The Morgan fingerprint density at radius 1 is 1.05 bits per heavy atom. The quantitative estimate of drug-likeness (QED) is 0.704. The molecule has 0 aromatic rings. The van der Waals surface area contributed by atoms with Gasteiger partial charge in [0.2, 0.25) is 0 Å². The minimum absolute atomic E-state index is 0.456.